The van der Waals surface area contributed by atoms with Crippen LogP contribution in [0.25, 0.3) is 11.0 Å². The molecule has 0 unspecified atom stereocenters. The molecular weight excluding hydrogens is 154 g/mol. The molecule has 1 N–H and O–H groups in total. The van der Waals surface area contributed by atoms with Crippen LogP contribution in [0.2, 0.25) is 0 Å². The van der Waals surface area contributed by atoms with E-state index in [-0.39, 0.29) is 0 Å². The van der Waals surface area contributed by atoms with Gasteiger partial charge in [-0.05, 0) is 0 Å². The number of anilines is 1. The molecule has 5 nitrogen and oxygen atoms in total. The maximum absolute atomic E-state index is 4.12. The first-order valence-corrected chi connectivity index (χ1v) is 3.60. The molecule has 12 heavy (non-hydrogen) atoms. The van der Waals surface area contributed by atoms with Gasteiger partial charge in [-0.15, -0.1) is 0 Å². The van der Waals surface area contributed by atoms with E-state index in [1.165, 1.54) is 6.33 Å². The summed E-state index contributed by atoms with van der Waals surface area (Å²) in [5, 5.41) is 6.74. The summed E-state index contributed by atoms with van der Waals surface area (Å²) in [7, 11) is 3.87. The minimum atomic E-state index is 0.841. The first kappa shape index (κ1) is 7.02. The molecule has 0 radical (unpaired) electrons. The van der Waals surface area contributed by atoms with Crippen molar-refractivity contribution in [3.63, 3.8) is 0 Å². The second-order valence-electron chi connectivity index (χ2n) is 2.72. The third-order valence-electron chi connectivity index (χ3n) is 1.64. The van der Waals surface area contributed by atoms with Gasteiger partial charge in [0, 0.05) is 14.1 Å². The number of rotatable bonds is 1. The summed E-state index contributed by atoms with van der Waals surface area (Å²) in [5.74, 6) is 0.859. The van der Waals surface area contributed by atoms with E-state index >= 15 is 0 Å². The molecule has 0 aliphatic heterocycles. The molecule has 0 spiro atoms. The molecule has 62 valence electrons. The van der Waals surface area contributed by atoms with Gasteiger partial charge in [0.1, 0.15) is 17.4 Å². The van der Waals surface area contributed by atoms with Gasteiger partial charge in [-0.1, -0.05) is 0 Å². The van der Waals surface area contributed by atoms with Gasteiger partial charge >= 0.3 is 0 Å². The Morgan fingerprint density at radius 2 is 2.17 bits per heavy atom. The molecular formula is C7H9N5. The Bertz CT molecular complexity index is 391. The Balaban J connectivity index is 2.73. The lowest BCUT2D eigenvalue weighted by molar-refractivity contribution is 1.04. The predicted molar refractivity (Wildman–Crippen MR) is 46.0 cm³/mol. The van der Waals surface area contributed by atoms with E-state index in [2.05, 4.69) is 20.2 Å². The zero-order valence-corrected chi connectivity index (χ0v) is 6.94. The first-order chi connectivity index (χ1) is 5.79. The van der Waals surface area contributed by atoms with Gasteiger partial charge in [-0.25, -0.2) is 9.97 Å². The van der Waals surface area contributed by atoms with E-state index in [0.717, 1.165) is 16.9 Å². The Morgan fingerprint density at radius 1 is 1.33 bits per heavy atom. The molecule has 0 saturated carbocycles. The van der Waals surface area contributed by atoms with Crippen LogP contribution in [-0.4, -0.2) is 34.3 Å². The molecule has 0 saturated heterocycles. The van der Waals surface area contributed by atoms with Gasteiger partial charge in [0.05, 0.1) is 6.20 Å². The van der Waals surface area contributed by atoms with Gasteiger partial charge < -0.3 is 4.90 Å². The highest BCUT2D eigenvalue weighted by Crippen LogP contribution is 2.16. The van der Waals surface area contributed by atoms with E-state index in [1.54, 1.807) is 6.20 Å². The fraction of sp³-hybridized carbons (Fsp3) is 0.286. The van der Waals surface area contributed by atoms with Crippen molar-refractivity contribution in [1.29, 1.82) is 0 Å². The quantitative estimate of drug-likeness (QED) is 0.661. The van der Waals surface area contributed by atoms with Crippen LogP contribution in [0.1, 0.15) is 0 Å². The number of aromatic amines is 1. The van der Waals surface area contributed by atoms with Crippen molar-refractivity contribution in [2.24, 2.45) is 0 Å². The molecule has 2 aromatic rings. The number of aromatic nitrogens is 4. The minimum absolute atomic E-state index is 0.841. The Labute approximate surface area is 69.4 Å². The summed E-state index contributed by atoms with van der Waals surface area (Å²) in [4.78, 5) is 10.1. The lowest BCUT2D eigenvalue weighted by Crippen LogP contribution is -2.11. The van der Waals surface area contributed by atoms with Crippen LogP contribution in [0.3, 0.4) is 0 Å². The normalized spacial score (nSPS) is 10.5. The number of hydrogen-bond acceptors (Lipinski definition) is 4. The highest BCUT2D eigenvalue weighted by Gasteiger charge is 2.05. The van der Waals surface area contributed by atoms with Crippen LogP contribution >= 0.6 is 0 Å². The number of nitrogens with zero attached hydrogens (tertiary/aromatic N) is 4. The molecule has 2 aromatic heterocycles. The van der Waals surface area contributed by atoms with Crippen molar-refractivity contribution in [3.05, 3.63) is 12.5 Å². The molecule has 0 aromatic carbocycles. The maximum Gasteiger partial charge on any atom is 0.157 e. The van der Waals surface area contributed by atoms with Crippen LogP contribution in [0.4, 0.5) is 5.82 Å². The average molecular weight is 163 g/mol. The van der Waals surface area contributed by atoms with Gasteiger partial charge in [0.15, 0.2) is 5.82 Å². The summed E-state index contributed by atoms with van der Waals surface area (Å²) in [6, 6.07) is 0. The zero-order valence-electron chi connectivity index (χ0n) is 6.94. The Hall–Kier alpha value is -1.65. The van der Waals surface area contributed by atoms with Crippen LogP contribution in [-0.2, 0) is 0 Å². The van der Waals surface area contributed by atoms with E-state index in [0.29, 0.717) is 0 Å². The van der Waals surface area contributed by atoms with Crippen molar-refractivity contribution >= 4 is 16.9 Å². The van der Waals surface area contributed by atoms with E-state index in [9.17, 15) is 0 Å². The lowest BCUT2D eigenvalue weighted by atomic mass is 10.4. The van der Waals surface area contributed by atoms with E-state index in [1.807, 2.05) is 19.0 Å². The topological polar surface area (TPSA) is 57.7 Å². The van der Waals surface area contributed by atoms with Gasteiger partial charge in [-0.3, -0.25) is 5.10 Å². The molecule has 0 aliphatic carbocycles. The third kappa shape index (κ3) is 0.903. The molecule has 0 atom stereocenters. The number of hydrogen-bond donors (Lipinski definition) is 1. The SMILES string of the molecule is CN(C)c1ncnc2cn[nH]c12. The molecule has 0 amide bonds. The van der Waals surface area contributed by atoms with Crippen LogP contribution in [0, 0.1) is 0 Å². The zero-order chi connectivity index (χ0) is 8.55. The maximum atomic E-state index is 4.12. The van der Waals surface area contributed by atoms with E-state index < -0.39 is 0 Å². The van der Waals surface area contributed by atoms with Crippen molar-refractivity contribution in [2.45, 2.75) is 0 Å². The van der Waals surface area contributed by atoms with Crippen molar-refractivity contribution in [2.75, 3.05) is 19.0 Å². The number of H-pyrrole nitrogens is 1. The molecule has 2 heterocycles. The summed E-state index contributed by atoms with van der Waals surface area (Å²) in [5.41, 5.74) is 1.72. The molecule has 2 rings (SSSR count). The summed E-state index contributed by atoms with van der Waals surface area (Å²) < 4.78 is 0. The molecule has 5 heteroatoms. The van der Waals surface area contributed by atoms with Crippen LogP contribution in [0.5, 0.6) is 0 Å². The van der Waals surface area contributed by atoms with Gasteiger partial charge in [0.25, 0.3) is 0 Å². The standard InChI is InChI=1S/C7H9N5/c1-12(2)7-6-5(3-10-11-6)8-4-9-7/h3-4H,1-2H3,(H,10,11). The highest BCUT2D eigenvalue weighted by atomic mass is 15.2. The average Bonchev–Trinajstić information content (AvgIpc) is 2.49. The van der Waals surface area contributed by atoms with Crippen molar-refractivity contribution in [3.8, 4) is 0 Å². The third-order valence-corrected chi connectivity index (χ3v) is 1.64. The Morgan fingerprint density at radius 3 is 2.92 bits per heavy atom. The van der Waals surface area contributed by atoms with Crippen molar-refractivity contribution in [1.82, 2.24) is 20.2 Å². The number of fused-ring (bicyclic) bond motifs is 1. The number of nitrogens with one attached hydrogen (secondary N) is 1. The van der Waals surface area contributed by atoms with Crippen LogP contribution in [0.15, 0.2) is 12.5 Å². The van der Waals surface area contributed by atoms with Gasteiger partial charge in [0.2, 0.25) is 0 Å². The summed E-state index contributed by atoms with van der Waals surface area (Å²) in [6.45, 7) is 0. The Kier molecular flexibility index (Phi) is 1.43. The second kappa shape index (κ2) is 2.44. The van der Waals surface area contributed by atoms with Crippen LogP contribution < -0.4 is 4.90 Å². The fourth-order valence-electron chi connectivity index (χ4n) is 1.09. The summed E-state index contributed by atoms with van der Waals surface area (Å²) in [6.07, 6.45) is 3.22. The first-order valence-electron chi connectivity index (χ1n) is 3.60. The highest BCUT2D eigenvalue weighted by molar-refractivity contribution is 5.84. The predicted octanol–water partition coefficient (Wildman–Crippen LogP) is 0.419. The fourth-order valence-corrected chi connectivity index (χ4v) is 1.09. The van der Waals surface area contributed by atoms with E-state index in [4.69, 9.17) is 0 Å². The van der Waals surface area contributed by atoms with Gasteiger partial charge in [-0.2, -0.15) is 5.10 Å². The minimum Gasteiger partial charge on any atom is -0.361 e. The largest absolute Gasteiger partial charge is 0.361 e. The van der Waals surface area contributed by atoms with Crippen molar-refractivity contribution < 1.29 is 0 Å². The molecule has 0 bridgehead atoms. The lowest BCUT2D eigenvalue weighted by Gasteiger charge is -2.10. The molecule has 0 fully saturated rings. The monoisotopic (exact) mass is 163 g/mol. The summed E-state index contributed by atoms with van der Waals surface area (Å²) >= 11 is 0. The smallest absolute Gasteiger partial charge is 0.157 e. The molecule has 0 aliphatic rings. The second-order valence-corrected chi connectivity index (χ2v) is 2.72.